The van der Waals surface area contributed by atoms with E-state index in [1.54, 1.807) is 30.3 Å². The molecule has 4 fully saturated rings. The monoisotopic (exact) mass is 1290 g/mol. The third kappa shape index (κ3) is 19.3. The van der Waals surface area contributed by atoms with Gasteiger partial charge in [0.15, 0.2) is 37.4 Å². The van der Waals surface area contributed by atoms with Crippen molar-refractivity contribution in [2.24, 2.45) is 5.11 Å². The van der Waals surface area contributed by atoms with Crippen molar-refractivity contribution < 1.29 is 95.0 Å². The molecule has 0 amide bonds. The fourth-order valence-electron chi connectivity index (χ4n) is 11.5. The Kier molecular flexibility index (Phi) is 26.0. The Bertz CT molecular complexity index is 3320. The Morgan fingerprint density at radius 3 is 1.60 bits per heavy atom. The summed E-state index contributed by atoms with van der Waals surface area (Å²) in [6, 6.07) is 53.8. The zero-order valence-corrected chi connectivity index (χ0v) is 52.6. The molecule has 6 aromatic carbocycles. The van der Waals surface area contributed by atoms with Gasteiger partial charge in [0.25, 0.3) is 0 Å². The Labute approximate surface area is 545 Å². The number of esters is 4. The van der Waals surface area contributed by atoms with Crippen LogP contribution in [0, 0.1) is 0 Å². The first-order valence-corrected chi connectivity index (χ1v) is 31.5. The lowest BCUT2D eigenvalue weighted by molar-refractivity contribution is -0.392. The number of unbranched alkanes of at least 4 members (excludes halogenated alkanes) is 2. The number of fused-ring (bicyclic) bond motifs is 1. The number of methoxy groups -OCH3 is 1. The van der Waals surface area contributed by atoms with Crippen LogP contribution in [-0.2, 0) is 117 Å². The highest BCUT2D eigenvalue weighted by atomic mass is 16.8. The van der Waals surface area contributed by atoms with Crippen molar-refractivity contribution in [3.63, 3.8) is 0 Å². The minimum atomic E-state index is -1.65. The third-order valence-electron chi connectivity index (χ3n) is 16.1. The second kappa shape index (κ2) is 35.5. The van der Waals surface area contributed by atoms with Crippen molar-refractivity contribution in [3.05, 3.63) is 226 Å². The summed E-state index contributed by atoms with van der Waals surface area (Å²) in [4.78, 5) is 56.2. The molecule has 0 bridgehead atoms. The normalized spacial score (nSPS) is 27.4. The summed E-state index contributed by atoms with van der Waals surface area (Å²) in [6.45, 7) is 1.89. The minimum Gasteiger partial charge on any atom is -0.469 e. The molecule has 6 aromatic rings. The lowest BCUT2D eigenvalue weighted by Crippen LogP contribution is -2.68. The van der Waals surface area contributed by atoms with Crippen LogP contribution >= 0.6 is 0 Å². The van der Waals surface area contributed by atoms with Crippen molar-refractivity contribution in [3.8, 4) is 0 Å². The van der Waals surface area contributed by atoms with E-state index in [9.17, 15) is 24.7 Å². The van der Waals surface area contributed by atoms with E-state index in [1.807, 2.05) is 152 Å². The van der Waals surface area contributed by atoms with Crippen LogP contribution in [0.3, 0.4) is 0 Å². The molecular weight excluding hydrogens is 1210 g/mol. The molecule has 10 rings (SSSR count). The van der Waals surface area contributed by atoms with E-state index >= 15 is 0 Å². The van der Waals surface area contributed by atoms with Crippen molar-refractivity contribution >= 4 is 23.9 Å². The van der Waals surface area contributed by atoms with Crippen LogP contribution < -0.4 is 0 Å². The number of carbonyl (C=O) groups is 4. The predicted octanol–water partition coefficient (Wildman–Crippen LogP) is 10.2. The maximum atomic E-state index is 15.0. The SMILES string of the molecule is COC(=O)CCCCCO[C@H]1O[C@@H]2COC(c3ccccc3)O[C@@H]2[C@H](O[C@@H]2O[C@H](COCc3ccccc3)[C@H](O[C@H]3O[C@H](COC(C)=O)[C@H](OC(C)=O)[C@H](OCc4ccccc4)[C@H]3OCc3ccccc3)[C@H](OCc3ccccc3)[C@H]2OC(=O)c2ccccc2)[C@H]1N=[N+]=[N-]. The molecule has 0 aliphatic carbocycles. The Morgan fingerprint density at radius 2 is 1.03 bits per heavy atom. The molecule has 0 aromatic heterocycles. The first-order chi connectivity index (χ1) is 46.0. The largest absolute Gasteiger partial charge is 0.469 e. The highest BCUT2D eigenvalue weighted by Crippen LogP contribution is 2.42. The quantitative estimate of drug-likeness (QED) is 0.00978. The summed E-state index contributed by atoms with van der Waals surface area (Å²) >= 11 is 0. The van der Waals surface area contributed by atoms with E-state index in [2.05, 4.69) is 10.0 Å². The molecule has 1 unspecified atom stereocenters. The summed E-state index contributed by atoms with van der Waals surface area (Å²) in [5, 5.41) is 4.29. The average molecular weight is 1290 g/mol. The van der Waals surface area contributed by atoms with Crippen molar-refractivity contribution in [1.82, 2.24) is 0 Å². The number of azide groups is 1. The molecule has 23 heteroatoms. The predicted molar refractivity (Wildman–Crippen MR) is 334 cm³/mol. The van der Waals surface area contributed by atoms with Gasteiger partial charge in [-0.2, -0.15) is 0 Å². The summed E-state index contributed by atoms with van der Waals surface area (Å²) in [5.74, 6) is -2.46. The van der Waals surface area contributed by atoms with Gasteiger partial charge in [0.1, 0.15) is 67.6 Å². The lowest BCUT2D eigenvalue weighted by atomic mass is 9.94. The summed E-state index contributed by atoms with van der Waals surface area (Å²) in [6.07, 6.45) is -17.4. The molecule has 0 N–H and O–H groups in total. The molecule has 16 atom stereocenters. The summed E-state index contributed by atoms with van der Waals surface area (Å²) < 4.78 is 106. The molecule has 0 spiro atoms. The number of rotatable bonds is 31. The maximum Gasteiger partial charge on any atom is 0.338 e. The number of hydrogen-bond donors (Lipinski definition) is 0. The summed E-state index contributed by atoms with van der Waals surface area (Å²) in [7, 11) is 1.34. The molecule has 4 aliphatic heterocycles. The number of carbonyl (C=O) groups excluding carboxylic acids is 4. The standard InChI is InChI=1S/C71H79N3O20/c1-46(75)82-44-55-60(87-47(2)76)63(83-40-49-27-13-5-14-28-49)65(85-42-51-31-17-7-18-32-51)70(90-55)93-61-54(43-80-39-48-25-11-4-12-26-48)89-71(66(91-67(78)52-33-19-8-20-34-52)64(61)84-41-50-29-15-6-16-30-50)94-62-58(73-74-72)69(81-38-24-10-23-37-57(77)79-3)88-56-45-86-68(92-59(56)62)53-35-21-9-22-36-53/h4-9,11-22,25-36,54-56,58-66,68-71H,10,23-24,37-45H2,1-3H3/t54-,55-,56-,58-,59+,60+,61+,62-,63+,64+,65-,66-,68?,69+,70-,71+/m1/s1. The first kappa shape index (κ1) is 68.9. The molecule has 498 valence electrons. The van der Waals surface area contributed by atoms with Crippen LogP contribution in [0.15, 0.2) is 187 Å². The van der Waals surface area contributed by atoms with E-state index in [0.29, 0.717) is 24.8 Å². The third-order valence-corrected chi connectivity index (χ3v) is 16.1. The zero-order valence-electron chi connectivity index (χ0n) is 52.6. The smallest absolute Gasteiger partial charge is 0.338 e. The Morgan fingerprint density at radius 1 is 0.511 bits per heavy atom. The number of hydrogen-bond acceptors (Lipinski definition) is 21. The van der Waals surface area contributed by atoms with Crippen LogP contribution in [0.4, 0.5) is 0 Å². The number of benzene rings is 6. The van der Waals surface area contributed by atoms with Crippen LogP contribution in [0.25, 0.3) is 10.4 Å². The van der Waals surface area contributed by atoms with Crippen molar-refractivity contribution in [2.75, 3.05) is 33.5 Å². The van der Waals surface area contributed by atoms with E-state index in [-0.39, 0.29) is 64.2 Å². The fourth-order valence-corrected chi connectivity index (χ4v) is 11.5. The molecule has 0 saturated carbocycles. The Hall–Kier alpha value is -7.97. The molecule has 4 saturated heterocycles. The zero-order chi connectivity index (χ0) is 65.4. The lowest BCUT2D eigenvalue weighted by Gasteiger charge is -2.52. The number of ether oxygens (including phenoxy) is 16. The molecule has 23 nitrogen and oxygen atoms in total. The molecule has 94 heavy (non-hydrogen) atoms. The molecular formula is C71H79N3O20. The van der Waals surface area contributed by atoms with E-state index < -0.39 is 123 Å². The van der Waals surface area contributed by atoms with Gasteiger partial charge >= 0.3 is 23.9 Å². The van der Waals surface area contributed by atoms with Crippen LogP contribution in [0.1, 0.15) is 84.0 Å². The van der Waals surface area contributed by atoms with Gasteiger partial charge in [-0.15, -0.1) is 0 Å². The Balaban J connectivity index is 1.09. The van der Waals surface area contributed by atoms with Gasteiger partial charge in [-0.3, -0.25) is 14.4 Å². The van der Waals surface area contributed by atoms with Gasteiger partial charge in [-0.05, 0) is 52.8 Å². The van der Waals surface area contributed by atoms with E-state index in [4.69, 9.17) is 75.8 Å². The second-order valence-corrected chi connectivity index (χ2v) is 22.9. The fraction of sp³-hybridized carbons (Fsp3) is 0.437. The highest BCUT2D eigenvalue weighted by Gasteiger charge is 2.59. The van der Waals surface area contributed by atoms with Crippen molar-refractivity contribution in [2.45, 2.75) is 164 Å². The first-order valence-electron chi connectivity index (χ1n) is 31.5. The van der Waals surface area contributed by atoms with E-state index in [0.717, 1.165) is 22.3 Å². The van der Waals surface area contributed by atoms with Crippen LogP contribution in [0.2, 0.25) is 0 Å². The van der Waals surface area contributed by atoms with E-state index in [1.165, 1.54) is 21.0 Å². The van der Waals surface area contributed by atoms with Gasteiger partial charge < -0.3 is 75.8 Å². The number of nitrogens with zero attached hydrogens (tertiary/aromatic N) is 3. The maximum absolute atomic E-state index is 15.0. The van der Waals surface area contributed by atoms with Gasteiger partial charge in [-0.25, -0.2) is 4.79 Å². The highest BCUT2D eigenvalue weighted by molar-refractivity contribution is 5.89. The van der Waals surface area contributed by atoms with Crippen LogP contribution in [-0.4, -0.2) is 149 Å². The second-order valence-electron chi connectivity index (χ2n) is 22.9. The molecule has 0 radical (unpaired) electrons. The van der Waals surface area contributed by atoms with Gasteiger partial charge in [0.05, 0.1) is 52.3 Å². The van der Waals surface area contributed by atoms with Crippen LogP contribution in [0.5, 0.6) is 0 Å². The average Bonchev–Trinajstić information content (AvgIpc) is 0.767. The minimum absolute atomic E-state index is 0.000909. The van der Waals surface area contributed by atoms with Gasteiger partial charge in [0, 0.05) is 37.4 Å². The van der Waals surface area contributed by atoms with Gasteiger partial charge in [0.2, 0.25) is 0 Å². The molecule has 4 aliphatic rings. The summed E-state index contributed by atoms with van der Waals surface area (Å²) in [5.41, 5.74) is 14.4. The molecule has 4 heterocycles. The van der Waals surface area contributed by atoms with Gasteiger partial charge in [-0.1, -0.05) is 181 Å². The van der Waals surface area contributed by atoms with Crippen molar-refractivity contribution in [1.29, 1.82) is 0 Å². The topological polar surface area (TPSA) is 265 Å².